The van der Waals surface area contributed by atoms with Crippen LogP contribution in [0, 0.1) is 11.8 Å². The maximum absolute atomic E-state index is 5.45. The first-order valence-corrected chi connectivity index (χ1v) is 6.35. The van der Waals surface area contributed by atoms with Gasteiger partial charge in [-0.3, -0.25) is 0 Å². The van der Waals surface area contributed by atoms with Gasteiger partial charge in [-0.25, -0.2) is 0 Å². The lowest BCUT2D eigenvalue weighted by molar-refractivity contribution is 0.457. The molecule has 17 heavy (non-hydrogen) atoms. The molecule has 0 saturated carbocycles. The molecule has 0 aromatic carbocycles. The smallest absolute Gasteiger partial charge is 0.315 e. The molecule has 0 unspecified atom stereocenters. The summed E-state index contributed by atoms with van der Waals surface area (Å²) in [6.45, 7) is 11.2. The summed E-state index contributed by atoms with van der Waals surface area (Å²) in [5, 5.41) is 14.3. The first kappa shape index (κ1) is 14.0. The number of aromatic nitrogens is 2. The fourth-order valence-electron chi connectivity index (χ4n) is 1.33. The van der Waals surface area contributed by atoms with Gasteiger partial charge in [-0.1, -0.05) is 32.8 Å². The van der Waals surface area contributed by atoms with Crippen molar-refractivity contribution in [3.63, 3.8) is 0 Å². The summed E-state index contributed by atoms with van der Waals surface area (Å²) in [4.78, 5) is 0. The van der Waals surface area contributed by atoms with E-state index in [1.807, 2.05) is 0 Å². The number of hydrogen-bond donors (Lipinski definition) is 2. The van der Waals surface area contributed by atoms with Crippen LogP contribution in [0.5, 0.6) is 0 Å². The highest BCUT2D eigenvalue weighted by atomic mass is 16.4. The van der Waals surface area contributed by atoms with Crippen molar-refractivity contribution in [2.75, 3.05) is 18.4 Å². The Balaban J connectivity index is 2.23. The summed E-state index contributed by atoms with van der Waals surface area (Å²) in [6, 6.07) is 0.520. The number of nitrogens with zero attached hydrogens (tertiary/aromatic N) is 2. The average Bonchev–Trinajstić information content (AvgIpc) is 2.65. The van der Waals surface area contributed by atoms with Crippen molar-refractivity contribution in [2.24, 2.45) is 11.8 Å². The quantitative estimate of drug-likeness (QED) is 0.730. The predicted molar refractivity (Wildman–Crippen MR) is 68.8 cm³/mol. The monoisotopic (exact) mass is 240 g/mol. The van der Waals surface area contributed by atoms with Gasteiger partial charge in [0.05, 0.1) is 6.54 Å². The fourth-order valence-corrected chi connectivity index (χ4v) is 1.33. The van der Waals surface area contributed by atoms with Crippen molar-refractivity contribution in [3.05, 3.63) is 5.89 Å². The Morgan fingerprint density at radius 3 is 2.53 bits per heavy atom. The van der Waals surface area contributed by atoms with Gasteiger partial charge in [0.1, 0.15) is 0 Å². The van der Waals surface area contributed by atoms with Crippen LogP contribution in [0.15, 0.2) is 4.42 Å². The van der Waals surface area contributed by atoms with E-state index in [0.29, 0.717) is 30.3 Å². The summed E-state index contributed by atoms with van der Waals surface area (Å²) in [5.74, 6) is 1.94. The first-order valence-electron chi connectivity index (χ1n) is 6.35. The molecular weight excluding hydrogens is 216 g/mol. The zero-order valence-corrected chi connectivity index (χ0v) is 11.3. The average molecular weight is 240 g/mol. The molecule has 98 valence electrons. The summed E-state index contributed by atoms with van der Waals surface area (Å²) >= 11 is 0. The maximum Gasteiger partial charge on any atom is 0.315 e. The topological polar surface area (TPSA) is 63.0 Å². The second-order valence-electron chi connectivity index (χ2n) is 5.13. The standard InChI is InChI=1S/C12H24N4O/c1-9(2)5-6-14-12-16-15-11(17-12)8-13-7-10(3)4/h9-10,13H,5-8H2,1-4H3,(H,14,16). The van der Waals surface area contributed by atoms with Gasteiger partial charge in [0.2, 0.25) is 5.89 Å². The fraction of sp³-hybridized carbons (Fsp3) is 0.833. The molecule has 5 nitrogen and oxygen atoms in total. The van der Waals surface area contributed by atoms with Gasteiger partial charge < -0.3 is 15.1 Å². The van der Waals surface area contributed by atoms with Crippen molar-refractivity contribution in [3.8, 4) is 0 Å². The molecule has 1 aromatic heterocycles. The highest BCUT2D eigenvalue weighted by Crippen LogP contribution is 2.06. The Hall–Kier alpha value is -1.10. The molecule has 0 amide bonds. The second kappa shape index (κ2) is 7.27. The van der Waals surface area contributed by atoms with E-state index in [4.69, 9.17) is 4.42 Å². The van der Waals surface area contributed by atoms with Crippen molar-refractivity contribution in [1.82, 2.24) is 15.5 Å². The molecule has 0 aliphatic carbocycles. The Morgan fingerprint density at radius 2 is 1.88 bits per heavy atom. The second-order valence-corrected chi connectivity index (χ2v) is 5.13. The van der Waals surface area contributed by atoms with Crippen molar-refractivity contribution >= 4 is 6.01 Å². The summed E-state index contributed by atoms with van der Waals surface area (Å²) in [5.41, 5.74) is 0. The summed E-state index contributed by atoms with van der Waals surface area (Å²) in [6.07, 6.45) is 1.10. The lowest BCUT2D eigenvalue weighted by Gasteiger charge is -2.04. The number of hydrogen-bond acceptors (Lipinski definition) is 5. The van der Waals surface area contributed by atoms with E-state index in [1.165, 1.54) is 0 Å². The molecule has 5 heteroatoms. The van der Waals surface area contributed by atoms with Crippen molar-refractivity contribution < 1.29 is 4.42 Å². The van der Waals surface area contributed by atoms with Crippen LogP contribution in [0.4, 0.5) is 6.01 Å². The molecular formula is C12H24N4O. The summed E-state index contributed by atoms with van der Waals surface area (Å²) in [7, 11) is 0. The molecule has 0 spiro atoms. The van der Waals surface area contributed by atoms with Crippen LogP contribution >= 0.6 is 0 Å². The van der Waals surface area contributed by atoms with Crippen molar-refractivity contribution in [2.45, 2.75) is 40.7 Å². The number of rotatable bonds is 8. The molecule has 0 fully saturated rings. The van der Waals surface area contributed by atoms with Crippen LogP contribution in [0.25, 0.3) is 0 Å². The van der Waals surface area contributed by atoms with Gasteiger partial charge in [0.15, 0.2) is 0 Å². The Bertz CT molecular complexity index is 281. The van der Waals surface area contributed by atoms with Crippen LogP contribution in [0.3, 0.4) is 0 Å². The summed E-state index contributed by atoms with van der Waals surface area (Å²) < 4.78 is 5.45. The van der Waals surface area contributed by atoms with Gasteiger partial charge in [0.25, 0.3) is 0 Å². The third kappa shape index (κ3) is 6.26. The van der Waals surface area contributed by atoms with E-state index in [9.17, 15) is 0 Å². The molecule has 0 saturated heterocycles. The third-order valence-corrected chi connectivity index (χ3v) is 2.29. The molecule has 0 bridgehead atoms. The SMILES string of the molecule is CC(C)CCNc1nnc(CNCC(C)C)o1. The zero-order chi connectivity index (χ0) is 12.7. The molecule has 1 heterocycles. The molecule has 0 aliphatic rings. The molecule has 2 N–H and O–H groups in total. The van der Waals surface area contributed by atoms with Crippen molar-refractivity contribution in [1.29, 1.82) is 0 Å². The molecule has 1 aromatic rings. The minimum Gasteiger partial charge on any atom is -0.407 e. The number of nitrogens with one attached hydrogen (secondary N) is 2. The third-order valence-electron chi connectivity index (χ3n) is 2.29. The molecule has 0 aliphatic heterocycles. The highest BCUT2D eigenvalue weighted by Gasteiger charge is 2.05. The lowest BCUT2D eigenvalue weighted by Crippen LogP contribution is -2.19. The van der Waals surface area contributed by atoms with Gasteiger partial charge in [-0.15, -0.1) is 5.10 Å². The van der Waals surface area contributed by atoms with Crippen LogP contribution < -0.4 is 10.6 Å². The Kier molecular flexibility index (Phi) is 5.97. The Labute approximate surface area is 103 Å². The number of anilines is 1. The van der Waals surface area contributed by atoms with Crippen LogP contribution in [-0.2, 0) is 6.54 Å². The van der Waals surface area contributed by atoms with Gasteiger partial charge in [-0.05, 0) is 24.8 Å². The lowest BCUT2D eigenvalue weighted by atomic mass is 10.1. The first-order chi connectivity index (χ1) is 8.08. The molecule has 1 rings (SSSR count). The van der Waals surface area contributed by atoms with Crippen LogP contribution in [0.2, 0.25) is 0 Å². The zero-order valence-electron chi connectivity index (χ0n) is 11.3. The van der Waals surface area contributed by atoms with Crippen LogP contribution in [0.1, 0.15) is 40.0 Å². The largest absolute Gasteiger partial charge is 0.407 e. The van der Waals surface area contributed by atoms with Crippen LogP contribution in [-0.4, -0.2) is 23.3 Å². The maximum atomic E-state index is 5.45. The minimum absolute atomic E-state index is 0.520. The highest BCUT2D eigenvalue weighted by molar-refractivity contribution is 5.16. The Morgan fingerprint density at radius 1 is 1.12 bits per heavy atom. The van der Waals surface area contributed by atoms with E-state index in [-0.39, 0.29) is 0 Å². The van der Waals surface area contributed by atoms with E-state index >= 15 is 0 Å². The predicted octanol–water partition coefficient (Wildman–Crippen LogP) is 2.27. The van der Waals surface area contributed by atoms with E-state index in [0.717, 1.165) is 19.5 Å². The minimum atomic E-state index is 0.520. The van der Waals surface area contributed by atoms with E-state index in [2.05, 4.69) is 48.5 Å². The van der Waals surface area contributed by atoms with E-state index in [1.54, 1.807) is 0 Å². The normalized spacial score (nSPS) is 11.4. The van der Waals surface area contributed by atoms with Gasteiger partial charge >= 0.3 is 6.01 Å². The van der Waals surface area contributed by atoms with E-state index < -0.39 is 0 Å². The molecule has 0 atom stereocenters. The van der Waals surface area contributed by atoms with Gasteiger partial charge in [0, 0.05) is 6.54 Å². The van der Waals surface area contributed by atoms with Gasteiger partial charge in [-0.2, -0.15) is 0 Å². The molecule has 0 radical (unpaired) electrons.